The number of para-hydroxylation sites is 1. The van der Waals surface area contributed by atoms with Gasteiger partial charge in [0, 0.05) is 17.8 Å². The smallest absolute Gasteiger partial charge is 0.258 e. The van der Waals surface area contributed by atoms with E-state index < -0.39 is 0 Å². The Balaban J connectivity index is 1.63. The maximum Gasteiger partial charge on any atom is 0.258 e. The number of amides is 1. The summed E-state index contributed by atoms with van der Waals surface area (Å²) in [5.41, 5.74) is 5.53. The number of benzene rings is 2. The highest BCUT2D eigenvalue weighted by atomic mass is 35.5. The predicted octanol–water partition coefficient (Wildman–Crippen LogP) is 4.74. The molecule has 4 nitrogen and oxygen atoms in total. The highest BCUT2D eigenvalue weighted by Gasteiger charge is 2.23. The number of carbonyl (C=O) groups excluding carboxylic acids is 1. The average Bonchev–Trinajstić information content (AvgIpc) is 2.94. The van der Waals surface area contributed by atoms with Crippen LogP contribution in [0.2, 0.25) is 5.02 Å². The molecule has 1 amide bonds. The Labute approximate surface area is 158 Å². The minimum absolute atomic E-state index is 0.0371. The number of rotatable bonds is 2. The average molecular weight is 366 g/mol. The van der Waals surface area contributed by atoms with Crippen molar-refractivity contribution in [2.45, 2.75) is 26.7 Å². The van der Waals surface area contributed by atoms with Crippen LogP contribution < -0.4 is 4.90 Å². The highest BCUT2D eigenvalue weighted by molar-refractivity contribution is 6.31. The molecule has 0 radical (unpaired) electrons. The molecule has 5 heteroatoms. The Hall–Kier alpha value is -2.59. The van der Waals surface area contributed by atoms with Gasteiger partial charge in [-0.1, -0.05) is 29.8 Å². The molecule has 0 spiro atoms. The molecule has 4 rings (SSSR count). The van der Waals surface area contributed by atoms with Crippen LogP contribution in [0.3, 0.4) is 0 Å². The maximum atomic E-state index is 13.0. The van der Waals surface area contributed by atoms with Crippen molar-refractivity contribution in [3.05, 3.63) is 76.1 Å². The van der Waals surface area contributed by atoms with Gasteiger partial charge in [-0.3, -0.25) is 4.79 Å². The van der Waals surface area contributed by atoms with E-state index in [0.29, 0.717) is 10.6 Å². The fourth-order valence-corrected chi connectivity index (χ4v) is 3.64. The molecule has 1 aliphatic heterocycles. The first-order valence-electron chi connectivity index (χ1n) is 8.78. The van der Waals surface area contributed by atoms with Gasteiger partial charge >= 0.3 is 0 Å². The van der Waals surface area contributed by atoms with E-state index in [1.807, 2.05) is 65.9 Å². The number of nitrogens with zero attached hydrogens (tertiary/aromatic N) is 3. The second kappa shape index (κ2) is 6.61. The van der Waals surface area contributed by atoms with Crippen LogP contribution in [0.15, 0.2) is 48.5 Å². The summed E-state index contributed by atoms with van der Waals surface area (Å²) in [6.45, 7) is 4.58. The summed E-state index contributed by atoms with van der Waals surface area (Å²) < 4.78 is 1.81. The molecule has 132 valence electrons. The molecule has 0 atom stereocenters. The minimum Gasteiger partial charge on any atom is -0.308 e. The molecule has 1 aliphatic rings. The van der Waals surface area contributed by atoms with E-state index >= 15 is 0 Å². The van der Waals surface area contributed by atoms with Crippen molar-refractivity contribution >= 4 is 23.2 Å². The van der Waals surface area contributed by atoms with Crippen molar-refractivity contribution < 1.29 is 4.79 Å². The van der Waals surface area contributed by atoms with E-state index in [2.05, 4.69) is 11.2 Å². The summed E-state index contributed by atoms with van der Waals surface area (Å²) in [5, 5.41) is 5.14. The quantitative estimate of drug-likeness (QED) is 0.658. The third-order valence-electron chi connectivity index (χ3n) is 4.92. The maximum absolute atomic E-state index is 13.0. The van der Waals surface area contributed by atoms with Crippen molar-refractivity contribution in [2.75, 3.05) is 11.4 Å². The predicted molar refractivity (Wildman–Crippen MR) is 104 cm³/mol. The zero-order chi connectivity index (χ0) is 18.3. The molecule has 3 aromatic rings. The molecule has 26 heavy (non-hydrogen) atoms. The van der Waals surface area contributed by atoms with E-state index in [9.17, 15) is 4.79 Å². The monoisotopic (exact) mass is 365 g/mol. The lowest BCUT2D eigenvalue weighted by atomic mass is 10.0. The van der Waals surface area contributed by atoms with Crippen LogP contribution in [0, 0.1) is 13.8 Å². The molecule has 2 aromatic carbocycles. The molecule has 0 saturated carbocycles. The van der Waals surface area contributed by atoms with Gasteiger partial charge in [0.05, 0.1) is 22.1 Å². The number of hydrogen-bond acceptors (Lipinski definition) is 2. The fourth-order valence-electron chi connectivity index (χ4n) is 3.52. The van der Waals surface area contributed by atoms with Gasteiger partial charge < -0.3 is 4.90 Å². The number of hydrogen-bond donors (Lipinski definition) is 0. The second-order valence-corrected chi connectivity index (χ2v) is 7.01. The number of halogens is 1. The lowest BCUT2D eigenvalue weighted by Crippen LogP contribution is -2.35. The molecule has 0 aliphatic carbocycles. The lowest BCUT2D eigenvalue weighted by molar-refractivity contribution is 0.0985. The number of aromatic nitrogens is 2. The first kappa shape index (κ1) is 16.9. The van der Waals surface area contributed by atoms with E-state index in [-0.39, 0.29) is 5.91 Å². The zero-order valence-electron chi connectivity index (χ0n) is 14.9. The van der Waals surface area contributed by atoms with Crippen LogP contribution in [0.1, 0.15) is 33.7 Å². The van der Waals surface area contributed by atoms with Crippen molar-refractivity contribution in [2.24, 2.45) is 0 Å². The molecule has 1 aromatic heterocycles. The van der Waals surface area contributed by atoms with E-state index in [0.717, 1.165) is 42.1 Å². The number of fused-ring (bicyclic) bond motifs is 1. The van der Waals surface area contributed by atoms with Crippen molar-refractivity contribution in [3.63, 3.8) is 0 Å². The standard InChI is InChI=1S/C21H20ClN3O/c1-14-20(22)15(2)25(23-14)18-11-9-17(10-12-18)21(26)24-13-5-7-16-6-3-4-8-19(16)24/h3-4,6,8-12H,5,7,13H2,1-2H3. The third-order valence-corrected chi connectivity index (χ3v) is 5.46. The van der Waals surface area contributed by atoms with E-state index in [4.69, 9.17) is 11.6 Å². The summed E-state index contributed by atoms with van der Waals surface area (Å²) in [7, 11) is 0. The molecule has 2 heterocycles. The van der Waals surface area contributed by atoms with Gasteiger partial charge in [-0.2, -0.15) is 5.10 Å². The normalized spacial score (nSPS) is 13.6. The summed E-state index contributed by atoms with van der Waals surface area (Å²) >= 11 is 6.24. The Morgan fingerprint density at radius 2 is 1.81 bits per heavy atom. The Morgan fingerprint density at radius 1 is 1.08 bits per heavy atom. The fraction of sp³-hybridized carbons (Fsp3) is 0.238. The van der Waals surface area contributed by atoms with Crippen LogP contribution in [0.25, 0.3) is 5.69 Å². The zero-order valence-corrected chi connectivity index (χ0v) is 15.6. The summed E-state index contributed by atoms with van der Waals surface area (Å²) in [5.74, 6) is 0.0371. The molecule has 0 unspecified atom stereocenters. The van der Waals surface area contributed by atoms with Crippen LogP contribution in [-0.4, -0.2) is 22.2 Å². The molecule has 0 N–H and O–H groups in total. The first-order chi connectivity index (χ1) is 12.6. The van der Waals surface area contributed by atoms with Crippen LogP contribution in [0.5, 0.6) is 0 Å². The molecule has 0 saturated heterocycles. The number of aryl methyl sites for hydroxylation is 2. The molecular weight excluding hydrogens is 346 g/mol. The molecular formula is C21H20ClN3O. The Bertz CT molecular complexity index is 975. The summed E-state index contributed by atoms with van der Waals surface area (Å²) in [6.07, 6.45) is 2.02. The number of anilines is 1. The number of carbonyl (C=O) groups is 1. The minimum atomic E-state index is 0.0371. The van der Waals surface area contributed by atoms with Crippen molar-refractivity contribution in [3.8, 4) is 5.69 Å². The largest absolute Gasteiger partial charge is 0.308 e. The van der Waals surface area contributed by atoms with Crippen LogP contribution in [-0.2, 0) is 6.42 Å². The molecule has 0 bridgehead atoms. The molecule has 0 fully saturated rings. The van der Waals surface area contributed by atoms with E-state index in [1.54, 1.807) is 0 Å². The van der Waals surface area contributed by atoms with Crippen molar-refractivity contribution in [1.82, 2.24) is 9.78 Å². The Kier molecular flexibility index (Phi) is 4.29. The summed E-state index contributed by atoms with van der Waals surface area (Å²) in [4.78, 5) is 14.9. The van der Waals surface area contributed by atoms with Gasteiger partial charge in [-0.15, -0.1) is 0 Å². The second-order valence-electron chi connectivity index (χ2n) is 6.63. The van der Waals surface area contributed by atoms with E-state index in [1.165, 1.54) is 5.56 Å². The van der Waals surface area contributed by atoms with Crippen LogP contribution >= 0.6 is 11.6 Å². The highest BCUT2D eigenvalue weighted by Crippen LogP contribution is 2.28. The SMILES string of the molecule is Cc1nn(-c2ccc(C(=O)N3CCCc4ccccc43)cc2)c(C)c1Cl. The first-order valence-corrected chi connectivity index (χ1v) is 9.16. The third kappa shape index (κ3) is 2.80. The van der Waals surface area contributed by atoms with Crippen molar-refractivity contribution in [1.29, 1.82) is 0 Å². The van der Waals surface area contributed by atoms with Gasteiger partial charge in [0.15, 0.2) is 0 Å². The topological polar surface area (TPSA) is 38.1 Å². The Morgan fingerprint density at radius 3 is 2.50 bits per heavy atom. The van der Waals surface area contributed by atoms with Crippen LogP contribution in [0.4, 0.5) is 5.69 Å². The van der Waals surface area contributed by atoms with Gasteiger partial charge in [0.25, 0.3) is 5.91 Å². The lowest BCUT2D eigenvalue weighted by Gasteiger charge is -2.29. The summed E-state index contributed by atoms with van der Waals surface area (Å²) in [6, 6.07) is 15.7. The van der Waals surface area contributed by atoms with Gasteiger partial charge in [0.2, 0.25) is 0 Å². The van der Waals surface area contributed by atoms with Gasteiger partial charge in [-0.25, -0.2) is 4.68 Å². The van der Waals surface area contributed by atoms with Gasteiger partial charge in [-0.05, 0) is 62.6 Å². The van der Waals surface area contributed by atoms with Gasteiger partial charge in [0.1, 0.15) is 0 Å².